The molecule has 0 aromatic carbocycles. The quantitative estimate of drug-likeness (QED) is 0.177. The van der Waals surface area contributed by atoms with Gasteiger partial charge in [0, 0.05) is 0 Å². The summed E-state index contributed by atoms with van der Waals surface area (Å²) in [5.41, 5.74) is 0. The van der Waals surface area contributed by atoms with Gasteiger partial charge in [-0.3, -0.25) is 4.55 Å². The van der Waals surface area contributed by atoms with E-state index in [0.717, 1.165) is 0 Å². The van der Waals surface area contributed by atoms with Crippen molar-refractivity contribution in [2.45, 2.75) is 30.8 Å². The van der Waals surface area contributed by atoms with Gasteiger partial charge < -0.3 is 30.5 Å². The van der Waals surface area contributed by atoms with Gasteiger partial charge in [0.05, 0.1) is 18.4 Å². The highest BCUT2D eigenvalue weighted by molar-refractivity contribution is 7.85. The molecule has 0 fully saturated rings. The molecule has 0 saturated carbocycles. The minimum Gasteiger partial charge on any atom is -0.394 e. The van der Waals surface area contributed by atoms with Gasteiger partial charge in [0.2, 0.25) is 0 Å². The van der Waals surface area contributed by atoms with E-state index in [4.69, 9.17) is 16.2 Å². The fourth-order valence-electron chi connectivity index (χ4n) is 1.26. The van der Waals surface area contributed by atoms with Crippen LogP contribution in [0.2, 0.25) is 1.41 Å². The van der Waals surface area contributed by atoms with Crippen molar-refractivity contribution in [1.29, 1.82) is 0 Å². The maximum atomic E-state index is 10.8. The third kappa shape index (κ3) is 7.52. The van der Waals surface area contributed by atoms with E-state index in [-0.39, 0.29) is 19.3 Å². The van der Waals surface area contributed by atoms with Crippen LogP contribution >= 0.6 is 0 Å². The molecule has 0 bridgehead atoms. The van der Waals surface area contributed by atoms with Crippen LogP contribution in [0, 0.1) is 0 Å². The van der Waals surface area contributed by atoms with Gasteiger partial charge in [-0.05, 0) is 13.0 Å². The average Bonchev–Trinajstić information content (AvgIpc) is 2.36. The van der Waals surface area contributed by atoms with Crippen molar-refractivity contribution in [2.75, 3.05) is 18.9 Å². The molecule has 19 heavy (non-hydrogen) atoms. The molecule has 0 aromatic heterocycles. The third-order valence-corrected chi connectivity index (χ3v) is 3.13. The second-order valence-electron chi connectivity index (χ2n) is 3.90. The van der Waals surface area contributed by atoms with Gasteiger partial charge in [0.25, 0.3) is 10.1 Å². The van der Waals surface area contributed by atoms with Crippen molar-refractivity contribution >= 4 is 16.4 Å². The molecule has 0 unspecified atom stereocenters. The first kappa shape index (κ1) is 16.4. The largest absolute Gasteiger partial charge is 0.394 e. The SMILES string of the molecule is [2H]N(CCCS(=O)(=O)O)[C@@H](C=O)[C@@H](O)[C@H](O)[C@H](O)CO. The number of nitrogens with one attached hydrogen (secondary N) is 1. The number of rotatable bonds is 10. The highest BCUT2D eigenvalue weighted by atomic mass is 32.2. The summed E-state index contributed by atoms with van der Waals surface area (Å²) in [5.74, 6) is -0.619. The van der Waals surface area contributed by atoms with Crippen molar-refractivity contribution in [1.82, 2.24) is 5.31 Å². The molecule has 9 nitrogen and oxygen atoms in total. The van der Waals surface area contributed by atoms with E-state index < -0.39 is 46.8 Å². The zero-order chi connectivity index (χ0) is 15.9. The van der Waals surface area contributed by atoms with Crippen molar-refractivity contribution in [3.05, 3.63) is 0 Å². The Hall–Kier alpha value is -0.620. The van der Waals surface area contributed by atoms with Crippen LogP contribution in [0.4, 0.5) is 0 Å². The van der Waals surface area contributed by atoms with Crippen LogP contribution in [0.15, 0.2) is 0 Å². The van der Waals surface area contributed by atoms with Gasteiger partial charge in [-0.25, -0.2) is 0 Å². The first-order chi connectivity index (χ1) is 9.14. The van der Waals surface area contributed by atoms with E-state index in [9.17, 15) is 23.4 Å². The number of aldehydes is 1. The fourth-order valence-corrected chi connectivity index (χ4v) is 1.75. The lowest BCUT2D eigenvalue weighted by Crippen LogP contribution is -2.52. The lowest BCUT2D eigenvalue weighted by atomic mass is 10.0. The van der Waals surface area contributed by atoms with Crippen LogP contribution in [0.1, 0.15) is 6.42 Å². The fraction of sp³-hybridized carbons (Fsp3) is 0.889. The Bertz CT molecular complexity index is 391. The first-order valence-corrected chi connectivity index (χ1v) is 7.06. The molecule has 0 heterocycles. The average molecular weight is 302 g/mol. The lowest BCUT2D eigenvalue weighted by Gasteiger charge is -2.26. The van der Waals surface area contributed by atoms with E-state index in [1.165, 1.54) is 0 Å². The van der Waals surface area contributed by atoms with Gasteiger partial charge in [0.1, 0.15) is 26.0 Å². The van der Waals surface area contributed by atoms with Crippen molar-refractivity contribution in [3.8, 4) is 0 Å². The Morgan fingerprint density at radius 2 is 1.84 bits per heavy atom. The molecule has 114 valence electrons. The summed E-state index contributed by atoms with van der Waals surface area (Å²) in [7, 11) is -4.19. The molecule has 0 amide bonds. The summed E-state index contributed by atoms with van der Waals surface area (Å²) < 4.78 is 36.9. The molecule has 0 spiro atoms. The van der Waals surface area contributed by atoms with Crippen LogP contribution in [0.3, 0.4) is 0 Å². The molecule has 4 atom stereocenters. The Morgan fingerprint density at radius 1 is 1.26 bits per heavy atom. The van der Waals surface area contributed by atoms with Gasteiger partial charge in [-0.1, -0.05) is 0 Å². The summed E-state index contributed by atoms with van der Waals surface area (Å²) in [6, 6.07) is -1.52. The van der Waals surface area contributed by atoms with Crippen LogP contribution in [-0.2, 0) is 14.9 Å². The third-order valence-electron chi connectivity index (χ3n) is 2.32. The standard InChI is InChI=1S/C9H19NO8S/c11-4-6(8(14)9(15)7(13)5-12)10-2-1-3-19(16,17)18/h4,6-10,12-15H,1-3,5H2,(H,16,17,18)/t6-,7+,8+,9+/m0/s1/i/hD. The number of hydrogen-bond acceptors (Lipinski definition) is 8. The molecule has 0 rings (SSSR count). The molecular formula is C9H19NO8S. The normalized spacial score (nSPS) is 19.6. The minimum atomic E-state index is -4.19. The van der Waals surface area contributed by atoms with E-state index in [0.29, 0.717) is 5.31 Å². The molecule has 0 aliphatic carbocycles. The van der Waals surface area contributed by atoms with E-state index >= 15 is 0 Å². The maximum Gasteiger partial charge on any atom is 0.264 e. The molecule has 0 aliphatic heterocycles. The maximum absolute atomic E-state index is 10.8. The number of carbonyl (C=O) groups is 1. The Morgan fingerprint density at radius 3 is 2.26 bits per heavy atom. The number of aliphatic hydroxyl groups excluding tert-OH is 4. The van der Waals surface area contributed by atoms with Crippen LogP contribution in [-0.4, -0.2) is 82.9 Å². The smallest absolute Gasteiger partial charge is 0.264 e. The molecule has 10 heteroatoms. The summed E-state index contributed by atoms with van der Waals surface area (Å²) in [5, 5.41) is 37.3. The molecular weight excluding hydrogens is 282 g/mol. The number of aliphatic hydroxyl groups is 4. The molecule has 6 N–H and O–H groups in total. The highest BCUT2D eigenvalue weighted by Gasteiger charge is 2.30. The van der Waals surface area contributed by atoms with E-state index in [2.05, 4.69) is 0 Å². The topological polar surface area (TPSA) is 164 Å². The predicted octanol–water partition coefficient (Wildman–Crippen LogP) is -3.50. The van der Waals surface area contributed by atoms with Crippen molar-refractivity contribution in [2.24, 2.45) is 0 Å². The summed E-state index contributed by atoms with van der Waals surface area (Å²) in [4.78, 5) is 10.8. The van der Waals surface area contributed by atoms with Gasteiger partial charge in [0.15, 0.2) is 0 Å². The summed E-state index contributed by atoms with van der Waals surface area (Å²) >= 11 is 0. The highest BCUT2D eigenvalue weighted by Crippen LogP contribution is 2.04. The number of hydrogen-bond donors (Lipinski definition) is 6. The monoisotopic (exact) mass is 302 g/mol. The van der Waals surface area contributed by atoms with Gasteiger partial charge in [-0.2, -0.15) is 8.42 Å². The van der Waals surface area contributed by atoms with E-state index in [1.54, 1.807) is 0 Å². The second kappa shape index (κ2) is 8.53. The van der Waals surface area contributed by atoms with Crippen LogP contribution in [0.25, 0.3) is 0 Å². The molecule has 0 saturated heterocycles. The first-order valence-electron chi connectivity index (χ1n) is 5.89. The summed E-state index contributed by atoms with van der Waals surface area (Å²) in [6.07, 6.45) is -5.38. The Balaban J connectivity index is 4.53. The van der Waals surface area contributed by atoms with Crippen molar-refractivity contribution < 1.29 is 39.6 Å². The lowest BCUT2D eigenvalue weighted by molar-refractivity contribution is -0.120. The molecule has 0 aromatic rings. The van der Waals surface area contributed by atoms with E-state index in [1.807, 2.05) is 0 Å². The van der Waals surface area contributed by atoms with Crippen molar-refractivity contribution in [3.63, 3.8) is 0 Å². The Kier molecular flexibility index (Phi) is 7.38. The summed E-state index contributed by atoms with van der Waals surface area (Å²) in [6.45, 7) is -1.12. The van der Waals surface area contributed by atoms with Crippen LogP contribution < -0.4 is 5.31 Å². The molecule has 0 radical (unpaired) electrons. The predicted molar refractivity (Wildman–Crippen MR) is 64.0 cm³/mol. The van der Waals surface area contributed by atoms with Crippen LogP contribution in [0.5, 0.6) is 0 Å². The second-order valence-corrected chi connectivity index (χ2v) is 5.48. The number of carbonyl (C=O) groups excluding carboxylic acids is 1. The molecule has 0 aliphatic rings. The zero-order valence-electron chi connectivity index (χ0n) is 11.0. The Labute approximate surface area is 112 Å². The van der Waals surface area contributed by atoms with Gasteiger partial charge in [-0.15, -0.1) is 0 Å². The minimum absolute atomic E-state index is 0.151. The zero-order valence-corrected chi connectivity index (χ0v) is 10.8. The van der Waals surface area contributed by atoms with Gasteiger partial charge >= 0.3 is 0 Å².